The van der Waals surface area contributed by atoms with Crippen LogP contribution in [0.2, 0.25) is 0 Å². The molecule has 0 aliphatic carbocycles. The molecular formula is C20H20FN5. The molecule has 0 saturated carbocycles. The van der Waals surface area contributed by atoms with E-state index in [0.717, 1.165) is 39.9 Å². The van der Waals surface area contributed by atoms with Crippen LogP contribution >= 0.6 is 0 Å². The van der Waals surface area contributed by atoms with Gasteiger partial charge in [-0.1, -0.05) is 6.07 Å². The van der Waals surface area contributed by atoms with E-state index in [0.29, 0.717) is 13.1 Å². The Balaban J connectivity index is 1.97. The largest absolute Gasteiger partial charge is 0.304 e. The molecule has 26 heavy (non-hydrogen) atoms. The Bertz CT molecular complexity index is 989. The van der Waals surface area contributed by atoms with E-state index < -0.39 is 0 Å². The summed E-state index contributed by atoms with van der Waals surface area (Å²) in [4.78, 5) is 16.0. The van der Waals surface area contributed by atoms with E-state index >= 15 is 0 Å². The summed E-state index contributed by atoms with van der Waals surface area (Å²) in [6.45, 7) is 3.13. The monoisotopic (exact) mass is 349 g/mol. The first-order valence-corrected chi connectivity index (χ1v) is 8.52. The summed E-state index contributed by atoms with van der Waals surface area (Å²) in [5, 5.41) is 0. The minimum atomic E-state index is -0.279. The molecule has 3 aromatic rings. The van der Waals surface area contributed by atoms with Gasteiger partial charge < -0.3 is 4.90 Å². The Morgan fingerprint density at radius 2 is 2.04 bits per heavy atom. The quantitative estimate of drug-likeness (QED) is 0.730. The molecule has 1 aliphatic rings. The van der Waals surface area contributed by atoms with Crippen LogP contribution in [-0.2, 0) is 13.1 Å². The van der Waals surface area contributed by atoms with E-state index in [1.807, 2.05) is 43.8 Å². The molecule has 3 heterocycles. The number of aromatic nitrogens is 3. The van der Waals surface area contributed by atoms with Crippen LogP contribution in [0.1, 0.15) is 28.5 Å². The third-order valence-electron chi connectivity index (χ3n) is 4.45. The molecule has 4 rings (SSSR count). The number of rotatable bonds is 3. The number of nitrogens with zero attached hydrogens (tertiary/aromatic N) is 5. The van der Waals surface area contributed by atoms with E-state index in [9.17, 15) is 4.39 Å². The number of aryl methyl sites for hydroxylation is 1. The van der Waals surface area contributed by atoms with Crippen LogP contribution < -0.4 is 0 Å². The lowest BCUT2D eigenvalue weighted by Gasteiger charge is -2.17. The van der Waals surface area contributed by atoms with Gasteiger partial charge >= 0.3 is 0 Å². The van der Waals surface area contributed by atoms with Gasteiger partial charge in [-0.3, -0.25) is 14.5 Å². The molecule has 1 aliphatic heterocycles. The molecule has 6 heteroatoms. The standard InChI is InChI=1S/C20H20FN5/c1-13-18(12-25(2)3)26-17-10-14(21)7-8-15(17)20(23-11-19(26)24-13)16-6-4-5-9-22-16/h4-10H,11-12H2,1-3H3. The predicted molar refractivity (Wildman–Crippen MR) is 99.2 cm³/mol. The molecule has 0 spiro atoms. The number of benzene rings is 1. The van der Waals surface area contributed by atoms with E-state index in [1.165, 1.54) is 6.07 Å². The molecule has 0 saturated heterocycles. The van der Waals surface area contributed by atoms with Crippen LogP contribution in [0.3, 0.4) is 0 Å². The molecule has 0 atom stereocenters. The summed E-state index contributed by atoms with van der Waals surface area (Å²) in [7, 11) is 4.02. The van der Waals surface area contributed by atoms with Gasteiger partial charge in [-0.2, -0.15) is 0 Å². The van der Waals surface area contributed by atoms with Crippen LogP contribution in [0.5, 0.6) is 0 Å². The highest BCUT2D eigenvalue weighted by atomic mass is 19.1. The maximum atomic E-state index is 14.2. The molecule has 0 amide bonds. The van der Waals surface area contributed by atoms with Crippen molar-refractivity contribution in [3.8, 4) is 5.69 Å². The highest BCUT2D eigenvalue weighted by Crippen LogP contribution is 2.28. The summed E-state index contributed by atoms with van der Waals surface area (Å²) in [5.74, 6) is 0.538. The molecule has 0 N–H and O–H groups in total. The SMILES string of the molecule is Cc1nc2n(c1CN(C)C)-c1cc(F)ccc1C(c1ccccn1)=NC2. The normalized spacial score (nSPS) is 13.2. The van der Waals surface area contributed by atoms with Crippen LogP contribution in [0.15, 0.2) is 47.6 Å². The van der Waals surface area contributed by atoms with Gasteiger partial charge in [0.05, 0.1) is 35.0 Å². The fraction of sp³-hybridized carbons (Fsp3) is 0.250. The van der Waals surface area contributed by atoms with Crippen molar-refractivity contribution in [2.24, 2.45) is 4.99 Å². The molecule has 0 unspecified atom stereocenters. The van der Waals surface area contributed by atoms with Gasteiger partial charge in [0, 0.05) is 18.3 Å². The Morgan fingerprint density at radius 1 is 1.19 bits per heavy atom. The van der Waals surface area contributed by atoms with Gasteiger partial charge in [0.15, 0.2) is 0 Å². The summed E-state index contributed by atoms with van der Waals surface area (Å²) < 4.78 is 16.2. The fourth-order valence-electron chi connectivity index (χ4n) is 3.35. The minimum absolute atomic E-state index is 0.279. The van der Waals surface area contributed by atoms with Crippen molar-refractivity contribution in [2.45, 2.75) is 20.0 Å². The zero-order valence-corrected chi connectivity index (χ0v) is 15.1. The number of halogens is 1. The molecule has 0 fully saturated rings. The van der Waals surface area contributed by atoms with Gasteiger partial charge in [-0.25, -0.2) is 9.37 Å². The van der Waals surface area contributed by atoms with E-state index in [-0.39, 0.29) is 5.82 Å². The summed E-state index contributed by atoms with van der Waals surface area (Å²) in [6.07, 6.45) is 1.74. The number of hydrogen-bond acceptors (Lipinski definition) is 4. The maximum absolute atomic E-state index is 14.2. The smallest absolute Gasteiger partial charge is 0.135 e. The summed E-state index contributed by atoms with van der Waals surface area (Å²) in [5.41, 5.74) is 5.16. The van der Waals surface area contributed by atoms with Gasteiger partial charge in [0.1, 0.15) is 11.6 Å². The average Bonchev–Trinajstić information content (AvgIpc) is 2.82. The van der Waals surface area contributed by atoms with Crippen molar-refractivity contribution in [3.63, 3.8) is 0 Å². The Labute approximate surface area is 151 Å². The second-order valence-corrected chi connectivity index (χ2v) is 6.67. The van der Waals surface area contributed by atoms with Crippen LogP contribution in [0.25, 0.3) is 5.69 Å². The Hall–Kier alpha value is -2.86. The zero-order chi connectivity index (χ0) is 18.3. The van der Waals surface area contributed by atoms with Crippen molar-refractivity contribution in [2.75, 3.05) is 14.1 Å². The number of hydrogen-bond donors (Lipinski definition) is 0. The maximum Gasteiger partial charge on any atom is 0.135 e. The first-order valence-electron chi connectivity index (χ1n) is 8.52. The highest BCUT2D eigenvalue weighted by molar-refractivity contribution is 6.14. The second kappa shape index (κ2) is 6.46. The average molecular weight is 349 g/mol. The minimum Gasteiger partial charge on any atom is -0.304 e. The van der Waals surface area contributed by atoms with E-state index in [2.05, 4.69) is 9.88 Å². The van der Waals surface area contributed by atoms with E-state index in [1.54, 1.807) is 18.3 Å². The molecule has 2 aromatic heterocycles. The number of fused-ring (bicyclic) bond motifs is 3. The van der Waals surface area contributed by atoms with Gasteiger partial charge in [0.2, 0.25) is 0 Å². The van der Waals surface area contributed by atoms with Crippen molar-refractivity contribution < 1.29 is 4.39 Å². The lowest BCUT2D eigenvalue weighted by atomic mass is 10.0. The van der Waals surface area contributed by atoms with Gasteiger partial charge in [-0.05, 0) is 51.4 Å². The topological polar surface area (TPSA) is 46.3 Å². The third-order valence-corrected chi connectivity index (χ3v) is 4.45. The number of pyridine rings is 1. The van der Waals surface area contributed by atoms with Crippen LogP contribution in [0.4, 0.5) is 4.39 Å². The molecule has 0 bridgehead atoms. The van der Waals surface area contributed by atoms with Crippen LogP contribution in [0, 0.1) is 12.7 Å². The summed E-state index contributed by atoms with van der Waals surface area (Å²) in [6, 6.07) is 10.5. The first-order chi connectivity index (χ1) is 12.5. The van der Waals surface area contributed by atoms with Crippen molar-refractivity contribution >= 4 is 5.71 Å². The fourth-order valence-corrected chi connectivity index (χ4v) is 3.35. The van der Waals surface area contributed by atoms with Gasteiger partial charge in [0.25, 0.3) is 0 Å². The number of imidazole rings is 1. The third kappa shape index (κ3) is 2.82. The Morgan fingerprint density at radius 3 is 2.77 bits per heavy atom. The molecule has 1 aromatic carbocycles. The highest BCUT2D eigenvalue weighted by Gasteiger charge is 2.24. The molecule has 5 nitrogen and oxygen atoms in total. The second-order valence-electron chi connectivity index (χ2n) is 6.67. The first kappa shape index (κ1) is 16.6. The predicted octanol–water partition coefficient (Wildman–Crippen LogP) is 3.13. The van der Waals surface area contributed by atoms with Crippen molar-refractivity contribution in [1.29, 1.82) is 0 Å². The molecule has 132 valence electrons. The van der Waals surface area contributed by atoms with Crippen molar-refractivity contribution in [1.82, 2.24) is 19.4 Å². The lowest BCUT2D eigenvalue weighted by molar-refractivity contribution is 0.392. The Kier molecular flexibility index (Phi) is 4.12. The van der Waals surface area contributed by atoms with Crippen LogP contribution in [-0.4, -0.2) is 39.2 Å². The summed E-state index contributed by atoms with van der Waals surface area (Å²) >= 11 is 0. The van der Waals surface area contributed by atoms with Crippen molar-refractivity contribution in [3.05, 3.63) is 76.9 Å². The zero-order valence-electron chi connectivity index (χ0n) is 15.1. The lowest BCUT2D eigenvalue weighted by Crippen LogP contribution is -2.17. The molecule has 0 radical (unpaired) electrons. The number of aliphatic imine (C=N–C) groups is 1. The van der Waals surface area contributed by atoms with E-state index in [4.69, 9.17) is 9.98 Å². The van der Waals surface area contributed by atoms with Gasteiger partial charge in [-0.15, -0.1) is 0 Å². The molecular weight excluding hydrogens is 329 g/mol.